The summed E-state index contributed by atoms with van der Waals surface area (Å²) in [6, 6.07) is 0. The summed E-state index contributed by atoms with van der Waals surface area (Å²) in [6.07, 6.45) is 9.73. The second-order valence-electron chi connectivity index (χ2n) is 9.54. The zero-order valence-corrected chi connectivity index (χ0v) is 19.5. The van der Waals surface area contributed by atoms with E-state index in [9.17, 15) is 4.79 Å². The second kappa shape index (κ2) is 17.3. The molecular formula is C24H48O4. The molecule has 0 radical (unpaired) electrons. The van der Waals surface area contributed by atoms with E-state index in [0.29, 0.717) is 31.5 Å². The third-order valence-electron chi connectivity index (χ3n) is 5.38. The van der Waals surface area contributed by atoms with Gasteiger partial charge in [0.25, 0.3) is 0 Å². The Balaban J connectivity index is 4.06. The molecule has 2 atom stereocenters. The van der Waals surface area contributed by atoms with Crippen LogP contribution >= 0.6 is 0 Å². The van der Waals surface area contributed by atoms with E-state index >= 15 is 0 Å². The molecule has 1 N–H and O–H groups in total. The molecule has 0 heterocycles. The largest absolute Gasteiger partial charge is 0.481 e. The van der Waals surface area contributed by atoms with Crippen molar-refractivity contribution in [3.8, 4) is 0 Å². The third kappa shape index (κ3) is 18.7. The highest BCUT2D eigenvalue weighted by Gasteiger charge is 2.14. The van der Waals surface area contributed by atoms with E-state index < -0.39 is 5.97 Å². The minimum Gasteiger partial charge on any atom is -0.481 e. The standard InChI is InChI=1S/C24H48O4/c1-19(2)9-7-11-21(5)15-17-27-24(14-13-23(25)26)28-18-16-22(6)12-8-10-20(3)4/h19-22,24H,7-18H2,1-6H3,(H,25,26). The van der Waals surface area contributed by atoms with Gasteiger partial charge in [0.05, 0.1) is 6.42 Å². The molecule has 0 aliphatic heterocycles. The van der Waals surface area contributed by atoms with Crippen LogP contribution in [0, 0.1) is 23.7 Å². The first-order valence-corrected chi connectivity index (χ1v) is 11.7. The van der Waals surface area contributed by atoms with E-state index in [1.54, 1.807) is 0 Å². The predicted octanol–water partition coefficient (Wildman–Crippen LogP) is 6.92. The van der Waals surface area contributed by atoms with Crippen molar-refractivity contribution in [3.63, 3.8) is 0 Å². The van der Waals surface area contributed by atoms with Crippen molar-refractivity contribution in [2.75, 3.05) is 13.2 Å². The molecule has 4 nitrogen and oxygen atoms in total. The van der Waals surface area contributed by atoms with Gasteiger partial charge in [-0.25, -0.2) is 0 Å². The lowest BCUT2D eigenvalue weighted by molar-refractivity contribution is -0.158. The van der Waals surface area contributed by atoms with E-state index in [2.05, 4.69) is 41.5 Å². The zero-order chi connectivity index (χ0) is 21.4. The maximum absolute atomic E-state index is 10.9. The Hall–Kier alpha value is -0.610. The van der Waals surface area contributed by atoms with Crippen molar-refractivity contribution < 1.29 is 19.4 Å². The molecule has 0 aromatic rings. The van der Waals surface area contributed by atoms with Crippen LogP contribution < -0.4 is 0 Å². The van der Waals surface area contributed by atoms with Crippen LogP contribution in [0.4, 0.5) is 0 Å². The lowest BCUT2D eigenvalue weighted by atomic mass is 9.97. The van der Waals surface area contributed by atoms with Gasteiger partial charge in [0.15, 0.2) is 6.29 Å². The van der Waals surface area contributed by atoms with Crippen LogP contribution in [0.2, 0.25) is 0 Å². The Kier molecular flexibility index (Phi) is 16.9. The summed E-state index contributed by atoms with van der Waals surface area (Å²) in [4.78, 5) is 10.9. The fourth-order valence-corrected chi connectivity index (χ4v) is 3.30. The van der Waals surface area contributed by atoms with Crippen LogP contribution in [0.25, 0.3) is 0 Å². The molecule has 2 unspecified atom stereocenters. The fourth-order valence-electron chi connectivity index (χ4n) is 3.30. The maximum atomic E-state index is 10.9. The highest BCUT2D eigenvalue weighted by molar-refractivity contribution is 5.66. The Morgan fingerprint density at radius 1 is 0.679 bits per heavy atom. The summed E-state index contributed by atoms with van der Waals surface area (Å²) in [5.41, 5.74) is 0. The summed E-state index contributed by atoms with van der Waals surface area (Å²) in [7, 11) is 0. The minimum absolute atomic E-state index is 0.0958. The third-order valence-corrected chi connectivity index (χ3v) is 5.38. The van der Waals surface area contributed by atoms with Crippen molar-refractivity contribution in [3.05, 3.63) is 0 Å². The number of carboxylic acids is 1. The van der Waals surface area contributed by atoms with Gasteiger partial charge in [-0.05, 0) is 36.5 Å². The summed E-state index contributed by atoms with van der Waals surface area (Å²) in [5.74, 6) is 2.02. The van der Waals surface area contributed by atoms with Crippen LogP contribution in [0.5, 0.6) is 0 Å². The first kappa shape index (κ1) is 27.4. The number of carbonyl (C=O) groups is 1. The van der Waals surface area contributed by atoms with Crippen LogP contribution in [-0.4, -0.2) is 30.6 Å². The molecule has 0 amide bonds. The normalized spacial score (nSPS) is 15.1. The number of aliphatic carboxylic acids is 1. The molecule has 0 saturated heterocycles. The van der Waals surface area contributed by atoms with Crippen LogP contribution in [0.3, 0.4) is 0 Å². The summed E-state index contributed by atoms with van der Waals surface area (Å²) < 4.78 is 11.8. The molecule has 0 bridgehead atoms. The summed E-state index contributed by atoms with van der Waals surface area (Å²) in [6.45, 7) is 14.9. The molecular weight excluding hydrogens is 352 g/mol. The average Bonchev–Trinajstić information content (AvgIpc) is 2.58. The highest BCUT2D eigenvalue weighted by Crippen LogP contribution is 2.18. The average molecular weight is 401 g/mol. The SMILES string of the molecule is CC(C)CCCC(C)CCOC(CCC(=O)O)OCCC(C)CCCC(C)C. The quantitative estimate of drug-likeness (QED) is 0.239. The van der Waals surface area contributed by atoms with Gasteiger partial charge in [-0.2, -0.15) is 0 Å². The van der Waals surface area contributed by atoms with Gasteiger partial charge in [0.2, 0.25) is 0 Å². The first-order valence-electron chi connectivity index (χ1n) is 11.7. The number of ether oxygens (including phenoxy) is 2. The lowest BCUT2D eigenvalue weighted by Crippen LogP contribution is -2.21. The van der Waals surface area contributed by atoms with Crippen LogP contribution in [0.15, 0.2) is 0 Å². The minimum atomic E-state index is -0.790. The fraction of sp³-hybridized carbons (Fsp3) is 0.958. The van der Waals surface area contributed by atoms with E-state index in [1.165, 1.54) is 38.5 Å². The molecule has 0 fully saturated rings. The molecule has 4 heteroatoms. The number of hydrogen-bond donors (Lipinski definition) is 1. The van der Waals surface area contributed by atoms with Crippen molar-refractivity contribution >= 4 is 5.97 Å². The van der Waals surface area contributed by atoms with Gasteiger partial charge < -0.3 is 14.6 Å². The van der Waals surface area contributed by atoms with Gasteiger partial charge in [0, 0.05) is 19.6 Å². The zero-order valence-electron chi connectivity index (χ0n) is 19.5. The lowest BCUT2D eigenvalue weighted by Gasteiger charge is -2.21. The Bertz CT molecular complexity index is 342. The van der Waals surface area contributed by atoms with E-state index in [-0.39, 0.29) is 12.7 Å². The van der Waals surface area contributed by atoms with Gasteiger partial charge >= 0.3 is 5.97 Å². The molecule has 0 aliphatic rings. The molecule has 28 heavy (non-hydrogen) atoms. The first-order chi connectivity index (χ1) is 13.2. The second-order valence-corrected chi connectivity index (χ2v) is 9.54. The van der Waals surface area contributed by atoms with Gasteiger partial charge in [-0.1, -0.05) is 80.1 Å². The molecule has 168 valence electrons. The highest BCUT2D eigenvalue weighted by atomic mass is 16.7. The van der Waals surface area contributed by atoms with Crippen molar-refractivity contribution in [2.45, 2.75) is 112 Å². The van der Waals surface area contributed by atoms with Gasteiger partial charge in [-0.3, -0.25) is 4.79 Å². The molecule has 0 aromatic heterocycles. The number of hydrogen-bond acceptors (Lipinski definition) is 3. The Morgan fingerprint density at radius 3 is 1.46 bits per heavy atom. The topological polar surface area (TPSA) is 55.8 Å². The maximum Gasteiger partial charge on any atom is 0.303 e. The molecule has 0 saturated carbocycles. The van der Waals surface area contributed by atoms with Crippen LogP contribution in [-0.2, 0) is 14.3 Å². The number of rotatable bonds is 19. The monoisotopic (exact) mass is 400 g/mol. The molecule has 0 aromatic carbocycles. The van der Waals surface area contributed by atoms with Gasteiger partial charge in [0.1, 0.15) is 0 Å². The number of carboxylic acid groups (broad SMARTS) is 1. The van der Waals surface area contributed by atoms with Crippen molar-refractivity contribution in [1.82, 2.24) is 0 Å². The Morgan fingerprint density at radius 2 is 1.11 bits per heavy atom. The van der Waals surface area contributed by atoms with Crippen molar-refractivity contribution in [1.29, 1.82) is 0 Å². The van der Waals surface area contributed by atoms with Gasteiger partial charge in [-0.15, -0.1) is 0 Å². The molecule has 0 aliphatic carbocycles. The van der Waals surface area contributed by atoms with Crippen LogP contribution in [0.1, 0.15) is 106 Å². The Labute approximate surface area is 174 Å². The smallest absolute Gasteiger partial charge is 0.303 e. The summed E-state index contributed by atoms with van der Waals surface area (Å²) in [5, 5.41) is 8.96. The predicted molar refractivity (Wildman–Crippen MR) is 118 cm³/mol. The van der Waals surface area contributed by atoms with E-state index in [1.807, 2.05) is 0 Å². The summed E-state index contributed by atoms with van der Waals surface area (Å²) >= 11 is 0. The molecule has 0 rings (SSSR count). The van der Waals surface area contributed by atoms with Crippen molar-refractivity contribution in [2.24, 2.45) is 23.7 Å². The molecule has 0 spiro atoms. The van der Waals surface area contributed by atoms with E-state index in [4.69, 9.17) is 14.6 Å². The van der Waals surface area contributed by atoms with E-state index in [0.717, 1.165) is 24.7 Å².